The monoisotopic (exact) mass is 247 g/mol. The van der Waals surface area contributed by atoms with Crippen LogP contribution >= 0.6 is 0 Å². The molecule has 1 heterocycles. The van der Waals surface area contributed by atoms with Gasteiger partial charge in [-0.1, -0.05) is 42.5 Å². The molecule has 0 saturated heterocycles. The average Bonchev–Trinajstić information content (AvgIpc) is 2.91. The molecule has 4 nitrogen and oxygen atoms in total. The van der Waals surface area contributed by atoms with Gasteiger partial charge in [0.2, 0.25) is 0 Å². The summed E-state index contributed by atoms with van der Waals surface area (Å²) in [5, 5.41) is 2.70. The maximum atomic E-state index is 11.4. The van der Waals surface area contributed by atoms with Crippen LogP contribution in [0.2, 0.25) is 0 Å². The minimum Gasteiger partial charge on any atom is -0.445 e. The van der Waals surface area contributed by atoms with Gasteiger partial charge in [-0.25, -0.2) is 4.79 Å². The van der Waals surface area contributed by atoms with Crippen molar-refractivity contribution in [3.05, 3.63) is 48.0 Å². The van der Waals surface area contributed by atoms with Crippen molar-refractivity contribution >= 4 is 6.09 Å². The van der Waals surface area contributed by atoms with Gasteiger partial charge >= 0.3 is 6.09 Å². The summed E-state index contributed by atoms with van der Waals surface area (Å²) in [6.07, 6.45) is 4.51. The summed E-state index contributed by atoms with van der Waals surface area (Å²) >= 11 is 0. The lowest BCUT2D eigenvalue weighted by Gasteiger charge is -2.09. The lowest BCUT2D eigenvalue weighted by molar-refractivity contribution is 0.116. The maximum absolute atomic E-state index is 11.4. The Morgan fingerprint density at radius 1 is 1.39 bits per heavy atom. The second kappa shape index (κ2) is 6.81. The molecule has 0 unspecified atom stereocenters. The van der Waals surface area contributed by atoms with Crippen LogP contribution in [0.1, 0.15) is 12.0 Å². The highest BCUT2D eigenvalue weighted by atomic mass is 16.5. The summed E-state index contributed by atoms with van der Waals surface area (Å²) in [5.41, 5.74) is 0.981. The third-order valence-electron chi connectivity index (χ3n) is 2.67. The Morgan fingerprint density at radius 3 is 2.94 bits per heavy atom. The van der Waals surface area contributed by atoms with Crippen molar-refractivity contribution in [3.63, 3.8) is 0 Å². The van der Waals surface area contributed by atoms with E-state index in [2.05, 4.69) is 5.32 Å². The Bertz CT molecular complexity index is 403. The summed E-state index contributed by atoms with van der Waals surface area (Å²) in [4.78, 5) is 11.4. The molecule has 1 aromatic rings. The third kappa shape index (κ3) is 4.22. The molecule has 4 heteroatoms. The van der Waals surface area contributed by atoms with E-state index < -0.39 is 0 Å². The molecule has 0 aliphatic carbocycles. The molecule has 1 atom stereocenters. The van der Waals surface area contributed by atoms with Crippen molar-refractivity contribution in [1.82, 2.24) is 5.32 Å². The second-order valence-corrected chi connectivity index (χ2v) is 4.08. The van der Waals surface area contributed by atoms with Gasteiger partial charge in [-0.05, 0) is 12.0 Å². The average molecular weight is 247 g/mol. The Hall–Kier alpha value is -1.81. The van der Waals surface area contributed by atoms with Crippen molar-refractivity contribution in [2.75, 3.05) is 13.2 Å². The van der Waals surface area contributed by atoms with E-state index in [-0.39, 0.29) is 12.2 Å². The molecular weight excluding hydrogens is 230 g/mol. The molecule has 1 aliphatic heterocycles. The number of ether oxygens (including phenoxy) is 2. The number of nitrogens with one attached hydrogen (secondary N) is 1. The SMILES string of the molecule is O=C(NCC[C@@H]1C=CCO1)OCc1ccccc1. The van der Waals surface area contributed by atoms with Crippen LogP contribution in [0.15, 0.2) is 42.5 Å². The largest absolute Gasteiger partial charge is 0.445 e. The minimum atomic E-state index is -0.388. The number of rotatable bonds is 5. The molecule has 1 amide bonds. The van der Waals surface area contributed by atoms with Crippen molar-refractivity contribution in [2.24, 2.45) is 0 Å². The molecule has 0 fully saturated rings. The lowest BCUT2D eigenvalue weighted by atomic mass is 10.2. The number of carbonyl (C=O) groups is 1. The predicted octanol–water partition coefficient (Wildman–Crippen LogP) is 2.26. The molecule has 1 aliphatic rings. The fourth-order valence-electron chi connectivity index (χ4n) is 1.71. The second-order valence-electron chi connectivity index (χ2n) is 4.08. The molecule has 1 N–H and O–H groups in total. The first kappa shape index (κ1) is 12.6. The lowest BCUT2D eigenvalue weighted by Crippen LogP contribution is -2.27. The number of alkyl carbamates (subject to hydrolysis) is 1. The number of benzene rings is 1. The summed E-state index contributed by atoms with van der Waals surface area (Å²) in [7, 11) is 0. The van der Waals surface area contributed by atoms with Gasteiger partial charge < -0.3 is 14.8 Å². The third-order valence-corrected chi connectivity index (χ3v) is 2.67. The Labute approximate surface area is 107 Å². The smallest absolute Gasteiger partial charge is 0.407 e. The van der Waals surface area contributed by atoms with Crippen LogP contribution in [-0.4, -0.2) is 25.3 Å². The molecular formula is C14H17NO3. The normalized spacial score (nSPS) is 17.7. The van der Waals surface area contributed by atoms with Crippen LogP contribution < -0.4 is 5.32 Å². The van der Waals surface area contributed by atoms with Gasteiger partial charge in [0.05, 0.1) is 12.7 Å². The van der Waals surface area contributed by atoms with E-state index in [1.807, 2.05) is 42.5 Å². The first-order valence-corrected chi connectivity index (χ1v) is 6.07. The molecule has 0 spiro atoms. The highest BCUT2D eigenvalue weighted by Crippen LogP contribution is 2.06. The van der Waals surface area contributed by atoms with Gasteiger partial charge in [0, 0.05) is 6.54 Å². The fraction of sp³-hybridized carbons (Fsp3) is 0.357. The first-order chi connectivity index (χ1) is 8.84. The Morgan fingerprint density at radius 2 is 2.22 bits per heavy atom. The van der Waals surface area contributed by atoms with Crippen molar-refractivity contribution in [2.45, 2.75) is 19.1 Å². The van der Waals surface area contributed by atoms with E-state index in [0.29, 0.717) is 19.8 Å². The van der Waals surface area contributed by atoms with Crippen LogP contribution in [0.5, 0.6) is 0 Å². The van der Waals surface area contributed by atoms with Gasteiger partial charge in [-0.2, -0.15) is 0 Å². The summed E-state index contributed by atoms with van der Waals surface area (Å²) < 4.78 is 10.4. The van der Waals surface area contributed by atoms with Gasteiger partial charge in [-0.15, -0.1) is 0 Å². The number of hydrogen-bond acceptors (Lipinski definition) is 3. The fourth-order valence-corrected chi connectivity index (χ4v) is 1.71. The molecule has 0 saturated carbocycles. The standard InChI is InChI=1S/C14H17NO3/c16-14(15-9-8-13-7-4-10-17-13)18-11-12-5-2-1-3-6-12/h1-7,13H,8-11H2,(H,15,16)/t13-/m0/s1. The Balaban J connectivity index is 1.59. The zero-order valence-corrected chi connectivity index (χ0v) is 10.2. The first-order valence-electron chi connectivity index (χ1n) is 6.07. The van der Waals surface area contributed by atoms with Crippen LogP contribution in [0.25, 0.3) is 0 Å². The zero-order chi connectivity index (χ0) is 12.6. The predicted molar refractivity (Wildman–Crippen MR) is 68.1 cm³/mol. The Kier molecular flexibility index (Phi) is 4.78. The molecule has 0 aromatic heterocycles. The van der Waals surface area contributed by atoms with E-state index >= 15 is 0 Å². The number of carbonyl (C=O) groups excluding carboxylic acids is 1. The highest BCUT2D eigenvalue weighted by Gasteiger charge is 2.09. The van der Waals surface area contributed by atoms with Crippen molar-refractivity contribution < 1.29 is 14.3 Å². The van der Waals surface area contributed by atoms with Crippen LogP contribution in [0.3, 0.4) is 0 Å². The van der Waals surface area contributed by atoms with E-state index in [1.165, 1.54) is 0 Å². The van der Waals surface area contributed by atoms with Gasteiger partial charge in [0.25, 0.3) is 0 Å². The van der Waals surface area contributed by atoms with Crippen LogP contribution in [0.4, 0.5) is 4.79 Å². The van der Waals surface area contributed by atoms with E-state index in [1.54, 1.807) is 0 Å². The van der Waals surface area contributed by atoms with Gasteiger partial charge in [0.1, 0.15) is 6.61 Å². The van der Waals surface area contributed by atoms with Crippen LogP contribution in [-0.2, 0) is 16.1 Å². The van der Waals surface area contributed by atoms with E-state index in [4.69, 9.17) is 9.47 Å². The highest BCUT2D eigenvalue weighted by molar-refractivity contribution is 5.67. The molecule has 0 bridgehead atoms. The number of hydrogen-bond donors (Lipinski definition) is 1. The molecule has 96 valence electrons. The zero-order valence-electron chi connectivity index (χ0n) is 10.2. The minimum absolute atomic E-state index is 0.124. The summed E-state index contributed by atoms with van der Waals surface area (Å²) in [6.45, 7) is 1.53. The van der Waals surface area contributed by atoms with Crippen molar-refractivity contribution in [3.8, 4) is 0 Å². The number of amides is 1. The van der Waals surface area contributed by atoms with Gasteiger partial charge in [0.15, 0.2) is 0 Å². The molecule has 18 heavy (non-hydrogen) atoms. The molecule has 1 aromatic carbocycles. The van der Waals surface area contributed by atoms with Crippen molar-refractivity contribution in [1.29, 1.82) is 0 Å². The topological polar surface area (TPSA) is 47.6 Å². The molecule has 2 rings (SSSR count). The van der Waals surface area contributed by atoms with Gasteiger partial charge in [-0.3, -0.25) is 0 Å². The molecule has 0 radical (unpaired) electrons. The van der Waals surface area contributed by atoms with E-state index in [0.717, 1.165) is 12.0 Å². The quantitative estimate of drug-likeness (QED) is 0.812. The summed E-state index contributed by atoms with van der Waals surface area (Å²) in [5.74, 6) is 0. The van der Waals surface area contributed by atoms with Crippen LogP contribution in [0, 0.1) is 0 Å². The van der Waals surface area contributed by atoms with E-state index in [9.17, 15) is 4.79 Å². The maximum Gasteiger partial charge on any atom is 0.407 e. The summed E-state index contributed by atoms with van der Waals surface area (Å²) in [6, 6.07) is 9.61.